The predicted molar refractivity (Wildman–Crippen MR) is 165 cm³/mol. The standard InChI is InChI=1S/C14H16BNO5.C14H16BNO4.2CH4/c1-15(14-13(19-14)10-6-4-3-5-7-10)20-11(17)8-16(2)9-12(18)21-15;1-15(9-8-12-6-4-3-5-7-12)19-13(17)10-16(2)11-14(18)20-15;;/h3-7,13-14H,1,8-9H2,2H3;3-9H,1,10-11H2,2H3;2*1H4/b;9-8+;;. The summed E-state index contributed by atoms with van der Waals surface area (Å²) < 4.78 is 26.5. The lowest BCUT2D eigenvalue weighted by atomic mass is 9.55. The molecule has 13 heteroatoms. The van der Waals surface area contributed by atoms with Gasteiger partial charge in [0.05, 0.1) is 38.3 Å². The quantitative estimate of drug-likeness (QED) is 0.295. The van der Waals surface area contributed by atoms with Crippen LogP contribution < -0.4 is 0 Å². The number of likely N-dealkylation sites (N-methyl/N-ethyl adjacent to an activating group) is 2. The van der Waals surface area contributed by atoms with Crippen molar-refractivity contribution in [2.45, 2.75) is 27.0 Å². The second kappa shape index (κ2) is 14.8. The molecular weight excluding hydrogens is 554 g/mol. The van der Waals surface area contributed by atoms with Gasteiger partial charge in [0.25, 0.3) is 23.9 Å². The first kappa shape index (κ1) is 35.0. The molecule has 0 aliphatic carbocycles. The minimum atomic E-state index is -2.37. The summed E-state index contributed by atoms with van der Waals surface area (Å²) in [6.45, 7) is 2.98. The van der Waals surface area contributed by atoms with Gasteiger partial charge in [0, 0.05) is 0 Å². The zero-order chi connectivity index (χ0) is 29.6. The Bertz CT molecular complexity index is 1250. The van der Waals surface area contributed by atoms with Gasteiger partial charge in [0.2, 0.25) is 0 Å². The molecule has 0 saturated carbocycles. The Labute approximate surface area is 254 Å². The first-order chi connectivity index (χ1) is 19.4. The van der Waals surface area contributed by atoms with E-state index in [-0.39, 0.29) is 47.1 Å². The van der Waals surface area contributed by atoms with Crippen molar-refractivity contribution in [2.75, 3.05) is 40.3 Å². The molecule has 2 aromatic carbocycles. The van der Waals surface area contributed by atoms with E-state index in [1.807, 2.05) is 60.7 Å². The Morgan fingerprint density at radius 3 is 1.58 bits per heavy atom. The van der Waals surface area contributed by atoms with E-state index in [1.54, 1.807) is 20.2 Å². The SMILES string of the molecule is C.C.[CH2+][B-]1(/C=C/c2ccccc2)OC(=O)CN(C)CC(=O)O1.[CH2+][B-]1(C2OC2c2ccccc2)OC(=O)CN(C)CC(=O)O1. The highest BCUT2D eigenvalue weighted by molar-refractivity contribution is 6.77. The lowest BCUT2D eigenvalue weighted by Crippen LogP contribution is -2.54. The fraction of sp³-hybridized carbons (Fsp3) is 0.333. The molecule has 5 rings (SSSR count). The van der Waals surface area contributed by atoms with E-state index >= 15 is 0 Å². The summed E-state index contributed by atoms with van der Waals surface area (Å²) in [4.78, 5) is 50.0. The highest BCUT2D eigenvalue weighted by atomic mass is 16.7. The Hall–Kier alpha value is -4.19. The number of epoxide rings is 1. The van der Waals surface area contributed by atoms with Crippen LogP contribution in [-0.4, -0.2) is 93.1 Å². The Morgan fingerprint density at radius 1 is 0.698 bits per heavy atom. The van der Waals surface area contributed by atoms with Gasteiger partial charge >= 0.3 is 13.1 Å². The maximum Gasteiger partial charge on any atom is 0.583 e. The van der Waals surface area contributed by atoms with Crippen LogP contribution in [0.25, 0.3) is 6.08 Å². The number of hydrogen-bond donors (Lipinski definition) is 0. The van der Waals surface area contributed by atoms with Crippen molar-refractivity contribution in [1.29, 1.82) is 0 Å². The van der Waals surface area contributed by atoms with E-state index in [0.717, 1.165) is 11.1 Å². The minimum absolute atomic E-state index is 0. The predicted octanol–water partition coefficient (Wildman–Crippen LogP) is 2.87. The van der Waals surface area contributed by atoms with Crippen LogP contribution >= 0.6 is 0 Å². The molecule has 2 aromatic rings. The summed E-state index contributed by atoms with van der Waals surface area (Å²) in [5.74, 6) is -0.346. The van der Waals surface area contributed by atoms with E-state index in [2.05, 4.69) is 13.6 Å². The Morgan fingerprint density at radius 2 is 1.12 bits per heavy atom. The summed E-state index contributed by atoms with van der Waals surface area (Å²) in [7, 11) is 3.29. The van der Waals surface area contributed by atoms with Crippen LogP contribution in [0.1, 0.15) is 32.1 Å². The van der Waals surface area contributed by atoms with Crippen molar-refractivity contribution in [1.82, 2.24) is 9.80 Å². The maximum atomic E-state index is 11.8. The number of carbonyl (C=O) groups excluding carboxylic acids is 4. The first-order valence-electron chi connectivity index (χ1n) is 13.2. The second-order valence-electron chi connectivity index (χ2n) is 10.4. The van der Waals surface area contributed by atoms with Gasteiger partial charge in [-0.2, -0.15) is 0 Å². The van der Waals surface area contributed by atoms with Gasteiger partial charge in [0.1, 0.15) is 0 Å². The number of rotatable bonds is 4. The second-order valence-corrected chi connectivity index (χ2v) is 10.4. The average molecular weight is 594 g/mol. The van der Waals surface area contributed by atoms with Gasteiger partial charge < -0.3 is 23.4 Å². The molecular formula is C30H40B2N2O9. The van der Waals surface area contributed by atoms with Gasteiger partial charge in [-0.25, -0.2) is 0 Å². The van der Waals surface area contributed by atoms with Gasteiger partial charge in [0.15, 0.2) is 0 Å². The van der Waals surface area contributed by atoms with Crippen molar-refractivity contribution >= 4 is 43.1 Å². The largest absolute Gasteiger partial charge is 0.614 e. The molecule has 230 valence electrons. The number of benzene rings is 2. The Balaban J connectivity index is 0.000000287. The molecule has 0 amide bonds. The number of carbonyl (C=O) groups is 4. The molecule has 3 aliphatic heterocycles. The van der Waals surface area contributed by atoms with Crippen molar-refractivity contribution < 1.29 is 42.5 Å². The number of hydrogen-bond acceptors (Lipinski definition) is 11. The summed E-state index contributed by atoms with van der Waals surface area (Å²) in [6.07, 6.45) is 1.46. The third kappa shape index (κ3) is 9.95. The Kier molecular flexibility index (Phi) is 12.1. The van der Waals surface area contributed by atoms with Crippen molar-refractivity contribution in [3.05, 3.63) is 91.4 Å². The molecule has 0 N–H and O–H groups in total. The lowest BCUT2D eigenvalue weighted by molar-refractivity contribution is -0.148. The molecule has 0 spiro atoms. The van der Waals surface area contributed by atoms with Gasteiger partial charge in [-0.15, -0.1) is 5.98 Å². The van der Waals surface area contributed by atoms with E-state index in [1.165, 1.54) is 15.8 Å². The summed E-state index contributed by atoms with van der Waals surface area (Å²) in [5, 5.41) is 0. The minimum Gasteiger partial charge on any atom is -0.614 e. The molecule has 11 nitrogen and oxygen atoms in total. The molecule has 3 aliphatic rings. The van der Waals surface area contributed by atoms with Crippen LogP contribution in [-0.2, 0) is 42.5 Å². The third-order valence-electron chi connectivity index (χ3n) is 6.46. The molecule has 0 radical (unpaired) electrons. The fourth-order valence-corrected chi connectivity index (χ4v) is 4.54. The fourth-order valence-electron chi connectivity index (χ4n) is 4.54. The van der Waals surface area contributed by atoms with Gasteiger partial charge in [-0.3, -0.25) is 29.0 Å². The summed E-state index contributed by atoms with van der Waals surface area (Å²) in [5.41, 5.74) is 1.85. The number of nitrogens with zero attached hydrogens (tertiary/aromatic N) is 2. The third-order valence-corrected chi connectivity index (χ3v) is 6.46. The van der Waals surface area contributed by atoms with Crippen molar-refractivity contribution in [3.8, 4) is 0 Å². The normalized spacial score (nSPS) is 23.5. The van der Waals surface area contributed by atoms with Crippen LogP contribution in [0, 0.1) is 13.6 Å². The summed E-state index contributed by atoms with van der Waals surface area (Å²) in [6, 6.07) is 18.4. The number of ether oxygens (including phenoxy) is 1. The van der Waals surface area contributed by atoms with Crippen LogP contribution in [0.4, 0.5) is 0 Å². The van der Waals surface area contributed by atoms with Crippen LogP contribution in [0.15, 0.2) is 66.6 Å². The monoisotopic (exact) mass is 594 g/mol. The topological polar surface area (TPSA) is 124 Å². The van der Waals surface area contributed by atoms with Crippen molar-refractivity contribution in [3.63, 3.8) is 0 Å². The molecule has 2 atom stereocenters. The average Bonchev–Trinajstić information content (AvgIpc) is 3.69. The molecule has 3 fully saturated rings. The van der Waals surface area contributed by atoms with E-state index in [9.17, 15) is 19.2 Å². The highest BCUT2D eigenvalue weighted by Gasteiger charge is 2.62. The molecule has 0 aromatic heterocycles. The molecule has 2 unspecified atom stereocenters. The smallest absolute Gasteiger partial charge is 0.583 e. The van der Waals surface area contributed by atoms with Gasteiger partial charge in [-0.05, 0) is 38.9 Å². The van der Waals surface area contributed by atoms with E-state index < -0.39 is 43.0 Å². The van der Waals surface area contributed by atoms with Crippen LogP contribution in [0.2, 0.25) is 0 Å². The van der Waals surface area contributed by atoms with Crippen LogP contribution in [0.5, 0.6) is 0 Å². The van der Waals surface area contributed by atoms with Crippen LogP contribution in [0.3, 0.4) is 0 Å². The van der Waals surface area contributed by atoms with Gasteiger partial charge in [-0.1, -0.05) is 81.6 Å². The zero-order valence-corrected chi connectivity index (χ0v) is 23.0. The molecule has 43 heavy (non-hydrogen) atoms. The highest BCUT2D eigenvalue weighted by Crippen LogP contribution is 2.44. The van der Waals surface area contributed by atoms with E-state index in [4.69, 9.17) is 23.4 Å². The molecule has 3 heterocycles. The van der Waals surface area contributed by atoms with Crippen molar-refractivity contribution in [2.24, 2.45) is 0 Å². The first-order valence-corrected chi connectivity index (χ1v) is 13.2. The zero-order valence-electron chi connectivity index (χ0n) is 23.0. The molecule has 3 saturated heterocycles. The maximum absolute atomic E-state index is 11.8. The summed E-state index contributed by atoms with van der Waals surface area (Å²) >= 11 is 0. The van der Waals surface area contributed by atoms with E-state index in [0.29, 0.717) is 0 Å². The lowest BCUT2D eigenvalue weighted by Gasteiger charge is -2.33. The molecule has 0 bridgehead atoms.